The minimum absolute atomic E-state index is 0.0643. The third-order valence-electron chi connectivity index (χ3n) is 4.44. The molecular formula is C23H18N2O2S2. The van der Waals surface area contributed by atoms with Gasteiger partial charge in [0.15, 0.2) is 5.78 Å². The monoisotopic (exact) mass is 418 g/mol. The molecule has 0 aliphatic rings. The molecule has 6 heteroatoms. The number of aliphatic hydroxyl groups excluding tert-OH is 1. The quantitative estimate of drug-likeness (QED) is 0.304. The molecule has 4 rings (SSSR count). The maximum atomic E-state index is 11.8. The van der Waals surface area contributed by atoms with Gasteiger partial charge in [-0.1, -0.05) is 24.3 Å². The first kappa shape index (κ1) is 19.2. The highest BCUT2D eigenvalue weighted by Crippen LogP contribution is 2.40. The Balaban J connectivity index is 1.97. The fourth-order valence-corrected chi connectivity index (χ4v) is 4.80. The van der Waals surface area contributed by atoms with Gasteiger partial charge < -0.3 is 5.11 Å². The van der Waals surface area contributed by atoms with E-state index in [1.165, 1.54) is 13.0 Å². The second-order valence-electron chi connectivity index (χ2n) is 6.44. The van der Waals surface area contributed by atoms with Crippen molar-refractivity contribution in [2.75, 3.05) is 0 Å². The Kier molecular flexibility index (Phi) is 5.64. The SMILES string of the molecule is CC(=O)C=C(O)C(c1ncccc1-c1cccs1)c1ncccc1-c1cccs1. The van der Waals surface area contributed by atoms with Crippen molar-refractivity contribution in [2.24, 2.45) is 0 Å². The Bertz CT molecular complexity index is 1070. The van der Waals surface area contributed by atoms with E-state index in [0.717, 1.165) is 20.9 Å². The van der Waals surface area contributed by atoms with Gasteiger partial charge in [-0.25, -0.2) is 0 Å². The Morgan fingerprint density at radius 2 is 1.41 bits per heavy atom. The number of thiophene rings is 2. The molecule has 0 spiro atoms. The molecule has 0 aliphatic carbocycles. The van der Waals surface area contributed by atoms with E-state index in [1.807, 2.05) is 59.3 Å². The topological polar surface area (TPSA) is 63.1 Å². The third kappa shape index (κ3) is 4.04. The summed E-state index contributed by atoms with van der Waals surface area (Å²) in [6, 6.07) is 15.7. The molecule has 29 heavy (non-hydrogen) atoms. The highest BCUT2D eigenvalue weighted by molar-refractivity contribution is 7.13. The maximum absolute atomic E-state index is 11.8. The van der Waals surface area contributed by atoms with Crippen molar-refractivity contribution >= 4 is 28.5 Å². The number of aliphatic hydroxyl groups is 1. The van der Waals surface area contributed by atoms with Crippen molar-refractivity contribution in [3.05, 3.63) is 94.9 Å². The molecule has 4 aromatic heterocycles. The molecule has 0 saturated heterocycles. The molecule has 0 aliphatic heterocycles. The van der Waals surface area contributed by atoms with Gasteiger partial charge in [-0.3, -0.25) is 14.8 Å². The third-order valence-corrected chi connectivity index (χ3v) is 6.25. The summed E-state index contributed by atoms with van der Waals surface area (Å²) in [5.41, 5.74) is 3.17. The maximum Gasteiger partial charge on any atom is 0.155 e. The molecule has 0 saturated carbocycles. The summed E-state index contributed by atoms with van der Waals surface area (Å²) < 4.78 is 0. The lowest BCUT2D eigenvalue weighted by atomic mass is 9.90. The highest BCUT2D eigenvalue weighted by Gasteiger charge is 2.28. The normalized spacial score (nSPS) is 11.7. The second kappa shape index (κ2) is 8.51. The molecule has 0 bridgehead atoms. The molecule has 4 heterocycles. The van der Waals surface area contributed by atoms with Crippen LogP contribution in [0.5, 0.6) is 0 Å². The van der Waals surface area contributed by atoms with Crippen molar-refractivity contribution in [1.29, 1.82) is 0 Å². The van der Waals surface area contributed by atoms with Crippen LogP contribution >= 0.6 is 22.7 Å². The van der Waals surface area contributed by atoms with Crippen molar-refractivity contribution in [3.63, 3.8) is 0 Å². The van der Waals surface area contributed by atoms with E-state index in [2.05, 4.69) is 9.97 Å². The van der Waals surface area contributed by atoms with Crippen molar-refractivity contribution in [3.8, 4) is 20.9 Å². The molecule has 0 radical (unpaired) electrons. The lowest BCUT2D eigenvalue weighted by Gasteiger charge is -2.20. The van der Waals surface area contributed by atoms with Gasteiger partial charge in [0.2, 0.25) is 0 Å². The van der Waals surface area contributed by atoms with Crippen molar-refractivity contribution < 1.29 is 9.90 Å². The zero-order chi connectivity index (χ0) is 20.2. The van der Waals surface area contributed by atoms with Crippen molar-refractivity contribution in [2.45, 2.75) is 12.8 Å². The number of rotatable bonds is 6. The van der Waals surface area contributed by atoms with E-state index in [9.17, 15) is 9.90 Å². The smallest absolute Gasteiger partial charge is 0.155 e. The number of hydrogen-bond donors (Lipinski definition) is 1. The van der Waals surface area contributed by atoms with Crippen LogP contribution in [0.25, 0.3) is 20.9 Å². The fourth-order valence-electron chi connectivity index (χ4n) is 3.28. The average Bonchev–Trinajstić information content (AvgIpc) is 3.43. The number of carbonyl (C=O) groups is 1. The number of nitrogens with zero attached hydrogens (tertiary/aromatic N) is 2. The van der Waals surface area contributed by atoms with Crippen LogP contribution in [-0.2, 0) is 4.79 Å². The molecule has 144 valence electrons. The first-order valence-corrected chi connectivity index (χ1v) is 10.8. The minimum atomic E-state index is -0.657. The van der Waals surface area contributed by atoms with E-state index in [-0.39, 0.29) is 11.5 Å². The highest BCUT2D eigenvalue weighted by atomic mass is 32.1. The number of ketones is 1. The summed E-state index contributed by atoms with van der Waals surface area (Å²) in [6.45, 7) is 1.42. The summed E-state index contributed by atoms with van der Waals surface area (Å²) in [6.07, 6.45) is 4.66. The predicted octanol–water partition coefficient (Wildman–Crippen LogP) is 6.10. The van der Waals surface area contributed by atoms with E-state index in [0.29, 0.717) is 11.4 Å². The zero-order valence-corrected chi connectivity index (χ0v) is 17.3. The van der Waals surface area contributed by atoms with Gasteiger partial charge in [-0.2, -0.15) is 0 Å². The number of hydrogen-bond acceptors (Lipinski definition) is 6. The van der Waals surface area contributed by atoms with Gasteiger partial charge in [-0.05, 0) is 41.9 Å². The Labute approximate surface area is 176 Å². The zero-order valence-electron chi connectivity index (χ0n) is 15.6. The first-order valence-electron chi connectivity index (χ1n) is 9.04. The summed E-state index contributed by atoms with van der Waals surface area (Å²) >= 11 is 3.21. The van der Waals surface area contributed by atoms with Crippen molar-refractivity contribution in [1.82, 2.24) is 9.97 Å². The largest absolute Gasteiger partial charge is 0.511 e. The van der Waals surface area contributed by atoms with E-state index in [1.54, 1.807) is 35.1 Å². The molecule has 4 nitrogen and oxygen atoms in total. The van der Waals surface area contributed by atoms with Gasteiger partial charge in [0.25, 0.3) is 0 Å². The molecule has 0 aromatic carbocycles. The Hall–Kier alpha value is -3.09. The van der Waals surface area contributed by atoms with E-state index < -0.39 is 5.92 Å². The number of carbonyl (C=O) groups excluding carboxylic acids is 1. The van der Waals surface area contributed by atoms with Gasteiger partial charge in [0.05, 0.1) is 11.4 Å². The summed E-state index contributed by atoms with van der Waals surface area (Å²) in [7, 11) is 0. The molecular weight excluding hydrogens is 400 g/mol. The average molecular weight is 419 g/mol. The standard InChI is InChI=1S/C23H18N2O2S2/c1-15(26)14-18(27)21(22-16(6-2-10-24-22)19-8-4-12-28-19)23-17(7-3-11-25-23)20-9-5-13-29-20/h2-14,21,27H,1H3. The van der Waals surface area contributed by atoms with Crippen LogP contribution in [-0.4, -0.2) is 20.9 Å². The Morgan fingerprint density at radius 1 is 0.897 bits per heavy atom. The van der Waals surface area contributed by atoms with Crippen LogP contribution in [0, 0.1) is 0 Å². The van der Waals surface area contributed by atoms with Gasteiger partial charge in [-0.15, -0.1) is 22.7 Å². The fraction of sp³-hybridized carbons (Fsp3) is 0.0870. The molecule has 4 aromatic rings. The number of pyridine rings is 2. The van der Waals surface area contributed by atoms with Crippen LogP contribution in [0.4, 0.5) is 0 Å². The molecule has 0 unspecified atom stereocenters. The number of allylic oxidation sites excluding steroid dienone is 2. The lowest BCUT2D eigenvalue weighted by molar-refractivity contribution is -0.112. The predicted molar refractivity (Wildman–Crippen MR) is 118 cm³/mol. The molecule has 0 atom stereocenters. The number of aromatic nitrogens is 2. The first-order chi connectivity index (χ1) is 14.1. The van der Waals surface area contributed by atoms with Gasteiger partial charge in [0.1, 0.15) is 11.7 Å². The summed E-state index contributed by atoms with van der Waals surface area (Å²) in [5, 5.41) is 15.0. The Morgan fingerprint density at radius 3 is 1.83 bits per heavy atom. The van der Waals surface area contributed by atoms with Crippen LogP contribution in [0.15, 0.2) is 83.5 Å². The van der Waals surface area contributed by atoms with Gasteiger partial charge >= 0.3 is 0 Å². The molecule has 0 amide bonds. The van der Waals surface area contributed by atoms with Crippen LogP contribution in [0.1, 0.15) is 24.2 Å². The lowest BCUT2D eigenvalue weighted by Crippen LogP contribution is -2.12. The summed E-state index contributed by atoms with van der Waals surface area (Å²) in [5.74, 6) is -0.948. The van der Waals surface area contributed by atoms with E-state index in [4.69, 9.17) is 0 Å². The summed E-state index contributed by atoms with van der Waals surface area (Å²) in [4.78, 5) is 23.1. The van der Waals surface area contributed by atoms with Gasteiger partial charge in [0, 0.05) is 39.4 Å². The second-order valence-corrected chi connectivity index (χ2v) is 8.34. The molecule has 1 N–H and O–H groups in total. The molecule has 0 fully saturated rings. The van der Waals surface area contributed by atoms with Crippen LogP contribution in [0.3, 0.4) is 0 Å². The van der Waals surface area contributed by atoms with Crippen LogP contribution in [0.2, 0.25) is 0 Å². The van der Waals surface area contributed by atoms with E-state index >= 15 is 0 Å². The van der Waals surface area contributed by atoms with Crippen LogP contribution < -0.4 is 0 Å². The minimum Gasteiger partial charge on any atom is -0.511 e.